The topological polar surface area (TPSA) is 50.9 Å². The minimum Gasteiger partial charge on any atom is -0.390 e. The number of aromatic nitrogens is 3. The average molecular weight is 368 g/mol. The number of halogens is 2. The Kier molecular flexibility index (Phi) is 5.19. The fourth-order valence-corrected chi connectivity index (χ4v) is 3.77. The highest BCUT2D eigenvalue weighted by atomic mass is 35.5. The van der Waals surface area contributed by atoms with Crippen LogP contribution in [-0.2, 0) is 6.42 Å². The molecule has 130 valence electrons. The Balaban J connectivity index is 1.72. The van der Waals surface area contributed by atoms with Crippen molar-refractivity contribution in [1.29, 1.82) is 0 Å². The molecule has 1 N–H and O–H groups in total. The van der Waals surface area contributed by atoms with Crippen LogP contribution < -0.4 is 0 Å². The van der Waals surface area contributed by atoms with Gasteiger partial charge in [-0.05, 0) is 54.7 Å². The van der Waals surface area contributed by atoms with Crippen molar-refractivity contribution < 1.29 is 5.11 Å². The lowest BCUT2D eigenvalue weighted by molar-refractivity contribution is 0.0350. The van der Waals surface area contributed by atoms with Gasteiger partial charge in [0.15, 0.2) is 0 Å². The van der Waals surface area contributed by atoms with Gasteiger partial charge in [0.2, 0.25) is 0 Å². The minimum absolute atomic E-state index is 0.00819. The highest BCUT2D eigenvalue weighted by Gasteiger charge is 2.48. The lowest BCUT2D eigenvalue weighted by Gasteiger charge is -2.30. The summed E-state index contributed by atoms with van der Waals surface area (Å²) >= 11 is 12.3. The third kappa shape index (κ3) is 3.93. The van der Waals surface area contributed by atoms with Gasteiger partial charge in [0.1, 0.15) is 12.7 Å². The largest absolute Gasteiger partial charge is 0.390 e. The van der Waals surface area contributed by atoms with E-state index in [1.165, 1.54) is 6.33 Å². The standard InChI is InChI=1S/C18H23Cl2N3O/c1-12(7-13-3-4-14(19)9-15(13)20)8-16(23-11-21-10-22-23)17(24)18(2)5-6-18/h3-4,9-12,16-17,24H,5-8H2,1-2H3. The minimum atomic E-state index is -0.415. The zero-order valence-electron chi connectivity index (χ0n) is 14.0. The summed E-state index contributed by atoms with van der Waals surface area (Å²) in [5.41, 5.74) is 1.09. The molecule has 0 radical (unpaired) electrons. The van der Waals surface area contributed by atoms with Crippen LogP contribution in [0.15, 0.2) is 30.9 Å². The van der Waals surface area contributed by atoms with E-state index in [1.807, 2.05) is 12.1 Å². The smallest absolute Gasteiger partial charge is 0.137 e. The Morgan fingerprint density at radius 3 is 2.67 bits per heavy atom. The van der Waals surface area contributed by atoms with Gasteiger partial charge in [-0.15, -0.1) is 0 Å². The molecule has 24 heavy (non-hydrogen) atoms. The highest BCUT2D eigenvalue weighted by Crippen LogP contribution is 2.51. The third-order valence-electron chi connectivity index (χ3n) is 5.12. The molecule has 3 rings (SSSR count). The molecule has 1 aromatic carbocycles. The Morgan fingerprint density at radius 2 is 2.08 bits per heavy atom. The molecule has 0 aliphatic heterocycles. The van der Waals surface area contributed by atoms with Crippen LogP contribution in [0.25, 0.3) is 0 Å². The van der Waals surface area contributed by atoms with Gasteiger partial charge in [-0.2, -0.15) is 5.10 Å². The second kappa shape index (κ2) is 7.03. The van der Waals surface area contributed by atoms with Gasteiger partial charge < -0.3 is 5.11 Å². The van der Waals surface area contributed by atoms with Crippen LogP contribution in [0.4, 0.5) is 0 Å². The van der Waals surface area contributed by atoms with Crippen molar-refractivity contribution >= 4 is 23.2 Å². The second-order valence-electron chi connectivity index (χ2n) is 7.32. The molecular formula is C18H23Cl2N3O. The number of rotatable bonds is 7. The number of nitrogens with zero attached hydrogens (tertiary/aromatic N) is 3. The van der Waals surface area contributed by atoms with Crippen LogP contribution >= 0.6 is 23.2 Å². The van der Waals surface area contributed by atoms with E-state index in [2.05, 4.69) is 23.9 Å². The van der Waals surface area contributed by atoms with Crippen molar-refractivity contribution in [2.24, 2.45) is 11.3 Å². The lowest BCUT2D eigenvalue weighted by atomic mass is 9.87. The van der Waals surface area contributed by atoms with Gasteiger partial charge >= 0.3 is 0 Å². The molecule has 1 heterocycles. The number of aliphatic hydroxyl groups excluding tert-OH is 1. The van der Waals surface area contributed by atoms with E-state index in [9.17, 15) is 5.11 Å². The van der Waals surface area contributed by atoms with Crippen LogP contribution in [0.5, 0.6) is 0 Å². The Bertz CT molecular complexity index is 686. The summed E-state index contributed by atoms with van der Waals surface area (Å²) in [5, 5.41) is 16.5. The van der Waals surface area contributed by atoms with Crippen molar-refractivity contribution in [3.05, 3.63) is 46.5 Å². The van der Waals surface area contributed by atoms with Crippen LogP contribution in [0.2, 0.25) is 10.0 Å². The zero-order valence-corrected chi connectivity index (χ0v) is 15.5. The molecule has 1 fully saturated rings. The molecule has 1 saturated carbocycles. The van der Waals surface area contributed by atoms with Crippen molar-refractivity contribution in [2.45, 2.75) is 51.7 Å². The predicted molar refractivity (Wildman–Crippen MR) is 96.4 cm³/mol. The second-order valence-corrected chi connectivity index (χ2v) is 8.17. The molecule has 0 saturated heterocycles. The third-order valence-corrected chi connectivity index (χ3v) is 5.71. The van der Waals surface area contributed by atoms with E-state index in [0.29, 0.717) is 16.0 Å². The Labute approximate surface area is 152 Å². The number of hydrogen-bond acceptors (Lipinski definition) is 3. The lowest BCUT2D eigenvalue weighted by Crippen LogP contribution is -2.33. The SMILES string of the molecule is CC(Cc1ccc(Cl)cc1Cl)CC(C(O)C1(C)CC1)n1cncn1. The van der Waals surface area contributed by atoms with Gasteiger partial charge in [-0.25, -0.2) is 9.67 Å². The van der Waals surface area contributed by atoms with E-state index in [-0.39, 0.29) is 11.5 Å². The van der Waals surface area contributed by atoms with E-state index in [0.717, 1.165) is 31.2 Å². The molecule has 3 atom stereocenters. The monoisotopic (exact) mass is 367 g/mol. The molecule has 1 aromatic heterocycles. The first-order valence-electron chi connectivity index (χ1n) is 8.35. The van der Waals surface area contributed by atoms with Crippen LogP contribution in [0.3, 0.4) is 0 Å². The highest BCUT2D eigenvalue weighted by molar-refractivity contribution is 6.35. The Hall–Kier alpha value is -1.10. The summed E-state index contributed by atoms with van der Waals surface area (Å²) in [6.07, 6.45) is 6.59. The zero-order chi connectivity index (χ0) is 17.3. The summed E-state index contributed by atoms with van der Waals surface area (Å²) in [5.74, 6) is 0.342. The summed E-state index contributed by atoms with van der Waals surface area (Å²) in [4.78, 5) is 4.05. The van der Waals surface area contributed by atoms with Crippen LogP contribution in [-0.4, -0.2) is 26.0 Å². The molecule has 3 unspecified atom stereocenters. The average Bonchev–Trinajstić information content (AvgIpc) is 3.07. The molecule has 2 aromatic rings. The molecule has 0 spiro atoms. The van der Waals surface area contributed by atoms with Crippen molar-refractivity contribution in [2.75, 3.05) is 0 Å². The van der Waals surface area contributed by atoms with Gasteiger partial charge in [0, 0.05) is 10.0 Å². The molecule has 1 aliphatic carbocycles. The number of benzene rings is 1. The first-order chi connectivity index (χ1) is 11.4. The molecule has 4 nitrogen and oxygen atoms in total. The number of hydrogen-bond donors (Lipinski definition) is 1. The molecule has 0 bridgehead atoms. The van der Waals surface area contributed by atoms with Gasteiger partial charge in [0.25, 0.3) is 0 Å². The number of aliphatic hydroxyl groups is 1. The maximum absolute atomic E-state index is 10.9. The molecular weight excluding hydrogens is 345 g/mol. The van der Waals surface area contributed by atoms with Gasteiger partial charge in [0.05, 0.1) is 12.1 Å². The molecule has 0 amide bonds. The van der Waals surface area contributed by atoms with Gasteiger partial charge in [-0.3, -0.25) is 0 Å². The summed E-state index contributed by atoms with van der Waals surface area (Å²) in [7, 11) is 0. The first kappa shape index (κ1) is 17.7. The fourth-order valence-electron chi connectivity index (χ4n) is 3.29. The molecule has 1 aliphatic rings. The quantitative estimate of drug-likeness (QED) is 0.780. The maximum atomic E-state index is 10.9. The van der Waals surface area contributed by atoms with E-state index in [4.69, 9.17) is 23.2 Å². The van der Waals surface area contributed by atoms with E-state index < -0.39 is 6.10 Å². The van der Waals surface area contributed by atoms with Crippen molar-refractivity contribution in [3.63, 3.8) is 0 Å². The van der Waals surface area contributed by atoms with Crippen LogP contribution in [0.1, 0.15) is 44.7 Å². The summed E-state index contributed by atoms with van der Waals surface area (Å²) < 4.78 is 1.80. The van der Waals surface area contributed by atoms with Crippen molar-refractivity contribution in [3.8, 4) is 0 Å². The summed E-state index contributed by atoms with van der Waals surface area (Å²) in [6.45, 7) is 4.32. The van der Waals surface area contributed by atoms with Crippen molar-refractivity contribution in [1.82, 2.24) is 14.8 Å². The maximum Gasteiger partial charge on any atom is 0.137 e. The van der Waals surface area contributed by atoms with Crippen LogP contribution in [0, 0.1) is 11.3 Å². The molecule has 6 heteroatoms. The normalized spacial score (nSPS) is 19.7. The summed E-state index contributed by atoms with van der Waals surface area (Å²) in [6, 6.07) is 5.55. The van der Waals surface area contributed by atoms with E-state index >= 15 is 0 Å². The first-order valence-corrected chi connectivity index (χ1v) is 9.11. The Morgan fingerprint density at radius 1 is 1.33 bits per heavy atom. The van der Waals surface area contributed by atoms with Gasteiger partial charge in [-0.1, -0.05) is 43.1 Å². The van der Waals surface area contributed by atoms with E-state index in [1.54, 1.807) is 17.1 Å². The predicted octanol–water partition coefficient (Wildman–Crippen LogP) is 4.56. The fraction of sp³-hybridized carbons (Fsp3) is 0.556.